The number of aryl methyl sites for hydroxylation is 1. The lowest BCUT2D eigenvalue weighted by Gasteiger charge is -2.27. The maximum atomic E-state index is 11.7. The molecular weight excluding hydrogens is 777 g/mol. The molecule has 0 heterocycles. The Morgan fingerprint density at radius 2 is 1.05 bits per heavy atom. The Hall–Kier alpha value is -8.96. The number of carboxylic acids is 1. The molecule has 7 heteroatoms. The van der Waals surface area contributed by atoms with Crippen LogP contribution in [0.4, 0.5) is 17.1 Å². The smallest absolute Gasteiger partial charge is 0.335 e. The average molecular weight is 817 g/mol. The molecule has 0 fully saturated rings. The van der Waals surface area contributed by atoms with Gasteiger partial charge in [-0.2, -0.15) is 10.5 Å². The summed E-state index contributed by atoms with van der Waals surface area (Å²) < 4.78 is 6.09. The molecule has 0 atom stereocenters. The fraction of sp³-hybridized carbons (Fsp3) is 0.0357. The second-order valence-electron chi connectivity index (χ2n) is 14.4. The van der Waals surface area contributed by atoms with Crippen LogP contribution in [0.3, 0.4) is 0 Å². The molecule has 0 saturated carbocycles. The van der Waals surface area contributed by atoms with Crippen molar-refractivity contribution < 1.29 is 14.6 Å². The molecule has 0 bridgehead atoms. The van der Waals surface area contributed by atoms with E-state index in [9.17, 15) is 20.4 Å². The van der Waals surface area contributed by atoms with Crippen LogP contribution in [0.1, 0.15) is 44.5 Å². The first-order chi connectivity index (χ1) is 30.8. The minimum absolute atomic E-state index is 0.225. The first-order valence-corrected chi connectivity index (χ1v) is 20.0. The normalized spacial score (nSPS) is 11.1. The largest absolute Gasteiger partial charge is 0.496 e. The summed E-state index contributed by atoms with van der Waals surface area (Å²) in [6.07, 6.45) is 5.77. The van der Waals surface area contributed by atoms with Crippen LogP contribution in [-0.4, -0.2) is 18.2 Å². The number of anilines is 3. The summed E-state index contributed by atoms with van der Waals surface area (Å²) in [7, 11) is 1.66. The molecule has 7 aromatic rings. The van der Waals surface area contributed by atoms with Gasteiger partial charge in [0.15, 0.2) is 0 Å². The van der Waals surface area contributed by atoms with Crippen molar-refractivity contribution in [1.82, 2.24) is 0 Å². The molecule has 0 saturated heterocycles. The van der Waals surface area contributed by atoms with E-state index in [2.05, 4.69) is 102 Å². The third-order valence-corrected chi connectivity index (χ3v) is 10.4. The van der Waals surface area contributed by atoms with Gasteiger partial charge in [-0.15, -0.1) is 0 Å². The van der Waals surface area contributed by atoms with E-state index in [4.69, 9.17) is 11.3 Å². The van der Waals surface area contributed by atoms with E-state index < -0.39 is 17.2 Å². The van der Waals surface area contributed by atoms with Crippen molar-refractivity contribution in [1.29, 1.82) is 10.5 Å². The van der Waals surface area contributed by atoms with Gasteiger partial charge in [0.1, 0.15) is 11.3 Å². The van der Waals surface area contributed by atoms with Gasteiger partial charge in [-0.1, -0.05) is 140 Å². The summed E-state index contributed by atoms with van der Waals surface area (Å²) in [5.41, 5.74) is 11.0. The van der Waals surface area contributed by atoms with Gasteiger partial charge in [-0.3, -0.25) is 0 Å². The number of rotatable bonds is 13. The highest BCUT2D eigenvalue weighted by atomic mass is 16.5. The van der Waals surface area contributed by atoms with E-state index in [1.54, 1.807) is 19.2 Å². The highest BCUT2D eigenvalue weighted by Crippen LogP contribution is 2.40. The molecule has 0 unspecified atom stereocenters. The van der Waals surface area contributed by atoms with Crippen molar-refractivity contribution in [2.45, 2.75) is 6.92 Å². The zero-order valence-electron chi connectivity index (χ0n) is 34.6. The Kier molecular flexibility index (Phi) is 13.3. The number of carboxylic acid groups (broad SMARTS) is 1. The molecular formula is C56H40N4O3. The lowest BCUT2D eigenvalue weighted by Crippen LogP contribution is -2.11. The van der Waals surface area contributed by atoms with Gasteiger partial charge in [0.2, 0.25) is 5.70 Å². The van der Waals surface area contributed by atoms with E-state index >= 15 is 0 Å². The molecule has 0 spiro atoms. The first kappa shape index (κ1) is 42.2. The fourth-order valence-corrected chi connectivity index (χ4v) is 7.31. The van der Waals surface area contributed by atoms with Crippen molar-refractivity contribution in [2.24, 2.45) is 0 Å². The SMILES string of the molecule is [C-]#[N+]C(C(C#N)=Cc1ccc(N(c2ccc(C=C(c3ccccc3)c3ccccc3)c(C)c2)c2ccc(C=C(c3ccccc3)c3ccccc3)c(OC)c2)cc1)=C(C#N)C(=O)O. The number of nitrogens with zero attached hydrogens (tertiary/aromatic N) is 4. The predicted octanol–water partition coefficient (Wildman–Crippen LogP) is 13.3. The topological polar surface area (TPSA) is 102 Å². The van der Waals surface area contributed by atoms with Gasteiger partial charge in [-0.05, 0) is 112 Å². The summed E-state index contributed by atoms with van der Waals surface area (Å²) in [4.78, 5) is 17.0. The number of carbonyl (C=O) groups is 1. The highest BCUT2D eigenvalue weighted by Gasteiger charge is 2.20. The van der Waals surface area contributed by atoms with Gasteiger partial charge < -0.3 is 14.7 Å². The van der Waals surface area contributed by atoms with Gasteiger partial charge in [0, 0.05) is 28.7 Å². The third-order valence-electron chi connectivity index (χ3n) is 10.4. The summed E-state index contributed by atoms with van der Waals surface area (Å²) in [6.45, 7) is 9.63. The summed E-state index contributed by atoms with van der Waals surface area (Å²) in [5, 5.41) is 28.8. The van der Waals surface area contributed by atoms with Crippen LogP contribution < -0.4 is 9.64 Å². The minimum Gasteiger partial charge on any atom is -0.496 e. The molecule has 0 aliphatic heterocycles. The fourth-order valence-electron chi connectivity index (χ4n) is 7.31. The van der Waals surface area contributed by atoms with Gasteiger partial charge >= 0.3 is 5.97 Å². The zero-order valence-corrected chi connectivity index (χ0v) is 34.6. The van der Waals surface area contributed by atoms with Crippen molar-refractivity contribution in [3.05, 3.63) is 255 Å². The molecule has 0 radical (unpaired) electrons. The zero-order chi connectivity index (χ0) is 44.1. The maximum absolute atomic E-state index is 11.7. The third kappa shape index (κ3) is 9.75. The Labute approximate surface area is 367 Å². The predicted molar refractivity (Wildman–Crippen MR) is 253 cm³/mol. The molecule has 0 amide bonds. The number of ether oxygens (including phenoxy) is 1. The van der Waals surface area contributed by atoms with E-state index in [-0.39, 0.29) is 5.57 Å². The lowest BCUT2D eigenvalue weighted by atomic mass is 9.94. The average Bonchev–Trinajstić information content (AvgIpc) is 3.33. The van der Waals surface area contributed by atoms with Crippen LogP contribution in [0.25, 0.3) is 34.2 Å². The van der Waals surface area contributed by atoms with Crippen molar-refractivity contribution >= 4 is 52.4 Å². The standard InChI is InChI=1S/C56H40N4O3/c1-39-32-49(30-26-45(39)34-51(41-16-8-4-9-17-41)42-18-10-5-11-19-42)60(48-28-24-40(25-29-48)33-47(37-57)55(59-2)53(38-58)56(61)62)50-31-27-46(54(36-50)63-3)35-52(43-20-12-6-13-21-43)44-22-14-7-15-23-44/h4-36H,1,3H3,(H,61,62). The highest BCUT2D eigenvalue weighted by molar-refractivity contribution is 5.95. The maximum Gasteiger partial charge on any atom is 0.335 e. The van der Waals surface area contributed by atoms with Gasteiger partial charge in [0.05, 0.1) is 31.4 Å². The molecule has 0 aliphatic carbocycles. The van der Waals surface area contributed by atoms with Gasteiger partial charge in [-0.25, -0.2) is 9.64 Å². The van der Waals surface area contributed by atoms with Crippen molar-refractivity contribution in [3.8, 4) is 17.9 Å². The second kappa shape index (κ2) is 19.9. The molecule has 7 rings (SSSR count). The van der Waals surface area contributed by atoms with Crippen LogP contribution in [0.5, 0.6) is 5.75 Å². The first-order valence-electron chi connectivity index (χ1n) is 20.0. The van der Waals surface area contributed by atoms with Crippen LogP contribution in [0.2, 0.25) is 0 Å². The monoisotopic (exact) mass is 816 g/mol. The minimum atomic E-state index is -1.57. The number of aliphatic carboxylic acids is 1. The number of hydrogen-bond donors (Lipinski definition) is 1. The van der Waals surface area contributed by atoms with Crippen molar-refractivity contribution in [2.75, 3.05) is 12.0 Å². The Morgan fingerprint density at radius 1 is 0.603 bits per heavy atom. The summed E-state index contributed by atoms with van der Waals surface area (Å²) in [6, 6.07) is 64.4. The quantitative estimate of drug-likeness (QED) is 0.0409. The van der Waals surface area contributed by atoms with E-state index in [0.29, 0.717) is 11.3 Å². The molecule has 0 aliphatic rings. The number of hydrogen-bond acceptors (Lipinski definition) is 5. The van der Waals surface area contributed by atoms with Crippen LogP contribution >= 0.6 is 0 Å². The van der Waals surface area contributed by atoms with Crippen molar-refractivity contribution in [3.63, 3.8) is 0 Å². The van der Waals surface area contributed by atoms with Gasteiger partial charge in [0.25, 0.3) is 0 Å². The lowest BCUT2D eigenvalue weighted by molar-refractivity contribution is -0.132. The van der Waals surface area contributed by atoms with E-state index in [1.807, 2.05) is 103 Å². The molecule has 0 aromatic heterocycles. The molecule has 302 valence electrons. The van der Waals surface area contributed by atoms with E-state index in [1.165, 1.54) is 12.1 Å². The summed E-state index contributed by atoms with van der Waals surface area (Å²) in [5.74, 6) is -0.908. The van der Waals surface area contributed by atoms with Crippen LogP contribution in [0.15, 0.2) is 199 Å². The number of allylic oxidation sites excluding steroid dienone is 1. The Balaban J connectivity index is 1.36. The van der Waals surface area contributed by atoms with Crippen LogP contribution in [-0.2, 0) is 4.79 Å². The second-order valence-corrected chi connectivity index (χ2v) is 14.4. The molecule has 7 nitrogen and oxygen atoms in total. The number of benzene rings is 7. The Morgan fingerprint density at radius 3 is 1.46 bits per heavy atom. The molecule has 7 aromatic carbocycles. The van der Waals surface area contributed by atoms with Crippen LogP contribution in [0, 0.1) is 36.2 Å². The number of methoxy groups -OCH3 is 1. The van der Waals surface area contributed by atoms with E-state index in [0.717, 1.165) is 67.2 Å². The molecule has 63 heavy (non-hydrogen) atoms. The summed E-state index contributed by atoms with van der Waals surface area (Å²) >= 11 is 0. The Bertz CT molecular complexity index is 2940. The molecule has 1 N–H and O–H groups in total. The number of nitriles is 2.